The van der Waals surface area contributed by atoms with E-state index >= 15 is 0 Å². The summed E-state index contributed by atoms with van der Waals surface area (Å²) in [6.45, 7) is 13.6. The summed E-state index contributed by atoms with van der Waals surface area (Å²) in [5.74, 6) is -0.638. The van der Waals surface area contributed by atoms with Crippen LogP contribution in [0.25, 0.3) is 0 Å². The first-order valence-electron chi connectivity index (χ1n) is 7.20. The van der Waals surface area contributed by atoms with Gasteiger partial charge < -0.3 is 14.2 Å². The summed E-state index contributed by atoms with van der Waals surface area (Å²) < 4.78 is 16.8. The molecule has 0 N–H and O–H groups in total. The normalized spacial score (nSPS) is 22.1. The zero-order valence-corrected chi connectivity index (χ0v) is 13.5. The SMILES string of the molecule is C=C(C)[C@H](C)CC1(CCC(=O)OC)OCC(C)(C)CO1. The highest BCUT2D eigenvalue weighted by Gasteiger charge is 2.41. The van der Waals surface area contributed by atoms with Gasteiger partial charge in [0.15, 0.2) is 5.79 Å². The molecule has 0 unspecified atom stereocenters. The number of rotatable bonds is 6. The largest absolute Gasteiger partial charge is 0.469 e. The monoisotopic (exact) mass is 284 g/mol. The van der Waals surface area contributed by atoms with Crippen LogP contribution in [0.5, 0.6) is 0 Å². The van der Waals surface area contributed by atoms with Gasteiger partial charge in [-0.15, -0.1) is 0 Å². The fourth-order valence-electron chi connectivity index (χ4n) is 2.14. The summed E-state index contributed by atoms with van der Waals surface area (Å²) in [5, 5.41) is 0. The van der Waals surface area contributed by atoms with Crippen molar-refractivity contribution in [1.29, 1.82) is 0 Å². The average Bonchev–Trinajstić information content (AvgIpc) is 2.39. The molecule has 0 aromatic heterocycles. The predicted molar refractivity (Wildman–Crippen MR) is 78.3 cm³/mol. The molecule has 0 aromatic carbocycles. The Kier molecular flexibility index (Phi) is 5.78. The molecule has 116 valence electrons. The van der Waals surface area contributed by atoms with Crippen LogP contribution in [-0.4, -0.2) is 32.1 Å². The van der Waals surface area contributed by atoms with Gasteiger partial charge in [0.2, 0.25) is 0 Å². The molecule has 1 saturated heterocycles. The van der Waals surface area contributed by atoms with Crippen molar-refractivity contribution in [2.45, 2.75) is 52.7 Å². The zero-order chi connectivity index (χ0) is 15.4. The van der Waals surface area contributed by atoms with Gasteiger partial charge in [0, 0.05) is 18.3 Å². The summed E-state index contributed by atoms with van der Waals surface area (Å²) in [6, 6.07) is 0. The smallest absolute Gasteiger partial charge is 0.305 e. The molecule has 1 aliphatic rings. The van der Waals surface area contributed by atoms with E-state index < -0.39 is 5.79 Å². The van der Waals surface area contributed by atoms with Gasteiger partial charge in [-0.2, -0.15) is 0 Å². The Hall–Kier alpha value is -0.870. The van der Waals surface area contributed by atoms with Crippen LogP contribution in [0.2, 0.25) is 0 Å². The molecule has 0 radical (unpaired) electrons. The van der Waals surface area contributed by atoms with Crippen molar-refractivity contribution in [3.63, 3.8) is 0 Å². The van der Waals surface area contributed by atoms with Crippen molar-refractivity contribution in [1.82, 2.24) is 0 Å². The minimum atomic E-state index is -0.692. The third-order valence-corrected chi connectivity index (χ3v) is 3.85. The van der Waals surface area contributed by atoms with E-state index in [1.807, 2.05) is 6.92 Å². The van der Waals surface area contributed by atoms with E-state index in [1.54, 1.807) is 0 Å². The van der Waals surface area contributed by atoms with Crippen LogP contribution >= 0.6 is 0 Å². The van der Waals surface area contributed by atoms with Crippen LogP contribution in [0.15, 0.2) is 12.2 Å². The number of methoxy groups -OCH3 is 1. The van der Waals surface area contributed by atoms with Crippen LogP contribution in [-0.2, 0) is 19.0 Å². The van der Waals surface area contributed by atoms with Gasteiger partial charge in [0.05, 0.1) is 26.7 Å². The van der Waals surface area contributed by atoms with Gasteiger partial charge in [0.25, 0.3) is 0 Å². The van der Waals surface area contributed by atoms with Crippen LogP contribution in [0, 0.1) is 11.3 Å². The molecular weight excluding hydrogens is 256 g/mol. The minimum absolute atomic E-state index is 0.0151. The lowest BCUT2D eigenvalue weighted by Gasteiger charge is -2.44. The van der Waals surface area contributed by atoms with Crippen molar-refractivity contribution >= 4 is 5.97 Å². The fourth-order valence-corrected chi connectivity index (χ4v) is 2.14. The molecule has 1 aliphatic heterocycles. The maximum Gasteiger partial charge on any atom is 0.305 e. The topological polar surface area (TPSA) is 44.8 Å². The molecule has 1 rings (SSSR count). The van der Waals surface area contributed by atoms with Gasteiger partial charge in [-0.3, -0.25) is 4.79 Å². The molecule has 1 heterocycles. The highest BCUT2D eigenvalue weighted by molar-refractivity contribution is 5.69. The summed E-state index contributed by atoms with van der Waals surface area (Å²) in [6.07, 6.45) is 1.54. The second kappa shape index (κ2) is 6.72. The summed E-state index contributed by atoms with van der Waals surface area (Å²) in [5.41, 5.74) is 1.11. The lowest BCUT2D eigenvalue weighted by atomic mass is 9.89. The molecule has 1 fully saturated rings. The number of allylic oxidation sites excluding steroid dienone is 1. The summed E-state index contributed by atoms with van der Waals surface area (Å²) in [7, 11) is 1.40. The van der Waals surface area contributed by atoms with Gasteiger partial charge in [-0.05, 0) is 12.8 Å². The van der Waals surface area contributed by atoms with Crippen LogP contribution in [0.4, 0.5) is 0 Å². The fraction of sp³-hybridized carbons (Fsp3) is 0.812. The lowest BCUT2D eigenvalue weighted by Crippen LogP contribution is -2.48. The molecule has 0 bridgehead atoms. The van der Waals surface area contributed by atoms with Crippen molar-refractivity contribution in [3.8, 4) is 0 Å². The van der Waals surface area contributed by atoms with E-state index in [9.17, 15) is 4.79 Å². The van der Waals surface area contributed by atoms with Gasteiger partial charge in [-0.1, -0.05) is 32.9 Å². The number of carbonyl (C=O) groups excluding carboxylic acids is 1. The maximum atomic E-state index is 11.4. The molecule has 1 atom stereocenters. The Morgan fingerprint density at radius 2 is 1.90 bits per heavy atom. The van der Waals surface area contributed by atoms with E-state index in [0.29, 0.717) is 26.1 Å². The average molecular weight is 284 g/mol. The van der Waals surface area contributed by atoms with Crippen molar-refractivity contribution in [3.05, 3.63) is 12.2 Å². The highest BCUT2D eigenvalue weighted by atomic mass is 16.7. The highest BCUT2D eigenvalue weighted by Crippen LogP contribution is 2.37. The first kappa shape index (κ1) is 17.2. The Morgan fingerprint density at radius 3 is 2.35 bits per heavy atom. The maximum absolute atomic E-state index is 11.4. The molecule has 0 aromatic rings. The molecule has 0 amide bonds. The molecular formula is C16H28O4. The number of ether oxygens (including phenoxy) is 3. The molecule has 20 heavy (non-hydrogen) atoms. The number of hydrogen-bond acceptors (Lipinski definition) is 4. The Morgan fingerprint density at radius 1 is 1.35 bits per heavy atom. The second-order valence-electron chi connectivity index (χ2n) is 6.68. The van der Waals surface area contributed by atoms with E-state index in [1.165, 1.54) is 7.11 Å². The molecule has 0 saturated carbocycles. The van der Waals surface area contributed by atoms with Gasteiger partial charge in [-0.25, -0.2) is 0 Å². The third-order valence-electron chi connectivity index (χ3n) is 3.85. The molecule has 4 nitrogen and oxygen atoms in total. The van der Waals surface area contributed by atoms with Crippen LogP contribution in [0.1, 0.15) is 47.0 Å². The van der Waals surface area contributed by atoms with E-state index in [0.717, 1.165) is 12.0 Å². The van der Waals surface area contributed by atoms with Crippen molar-refractivity contribution < 1.29 is 19.0 Å². The van der Waals surface area contributed by atoms with Crippen molar-refractivity contribution in [2.75, 3.05) is 20.3 Å². The second-order valence-corrected chi connectivity index (χ2v) is 6.68. The number of hydrogen-bond donors (Lipinski definition) is 0. The van der Waals surface area contributed by atoms with Gasteiger partial charge in [0.1, 0.15) is 0 Å². The van der Waals surface area contributed by atoms with E-state index in [2.05, 4.69) is 27.4 Å². The Balaban J connectivity index is 2.73. The van der Waals surface area contributed by atoms with Crippen LogP contribution in [0.3, 0.4) is 0 Å². The van der Waals surface area contributed by atoms with E-state index in [4.69, 9.17) is 14.2 Å². The zero-order valence-electron chi connectivity index (χ0n) is 13.5. The lowest BCUT2D eigenvalue weighted by molar-refractivity contribution is -0.307. The standard InChI is InChI=1S/C16H28O4/c1-12(2)13(3)9-16(8-7-14(17)18-6)19-10-15(4,5)11-20-16/h13H,1,7-11H2,2-6H3/t13-/m1/s1. The predicted octanol–water partition coefficient (Wildman–Crippen LogP) is 3.31. The molecule has 0 spiro atoms. The first-order chi connectivity index (χ1) is 9.20. The number of carbonyl (C=O) groups is 1. The van der Waals surface area contributed by atoms with E-state index in [-0.39, 0.29) is 17.3 Å². The quantitative estimate of drug-likeness (QED) is 0.554. The van der Waals surface area contributed by atoms with Gasteiger partial charge >= 0.3 is 5.97 Å². The molecule has 4 heteroatoms. The Labute approximate surface area is 122 Å². The third kappa shape index (κ3) is 4.91. The Bertz CT molecular complexity index is 349. The van der Waals surface area contributed by atoms with Crippen LogP contribution < -0.4 is 0 Å². The number of esters is 1. The minimum Gasteiger partial charge on any atom is -0.469 e. The molecule has 0 aliphatic carbocycles. The summed E-state index contributed by atoms with van der Waals surface area (Å²) >= 11 is 0. The van der Waals surface area contributed by atoms with Crippen molar-refractivity contribution in [2.24, 2.45) is 11.3 Å². The first-order valence-corrected chi connectivity index (χ1v) is 7.20. The summed E-state index contributed by atoms with van der Waals surface area (Å²) in [4.78, 5) is 11.4.